The lowest BCUT2D eigenvalue weighted by Crippen LogP contribution is -2.03. The van der Waals surface area contributed by atoms with Crippen molar-refractivity contribution in [1.82, 2.24) is 0 Å². The molecule has 0 atom stereocenters. The number of benzene rings is 1. The topological polar surface area (TPSA) is 26.3 Å². The summed E-state index contributed by atoms with van der Waals surface area (Å²) in [4.78, 5) is 11.1. The Bertz CT molecular complexity index is 535. The van der Waals surface area contributed by atoms with Crippen molar-refractivity contribution in [2.45, 2.75) is 13.3 Å². The molecule has 0 unspecified atom stereocenters. The number of Topliss-reactive ketones (excluding diaryl/α,β-unsaturated/α-hetero) is 1. The number of rotatable bonds is 5. The van der Waals surface area contributed by atoms with Gasteiger partial charge in [0.1, 0.15) is 0 Å². The normalized spacial score (nSPS) is 10.3. The van der Waals surface area contributed by atoms with Crippen LogP contribution in [0.1, 0.15) is 22.8 Å². The Balaban J connectivity index is 1.95. The highest BCUT2D eigenvalue weighted by Gasteiger charge is 2.07. The van der Waals surface area contributed by atoms with E-state index in [0.29, 0.717) is 12.2 Å². The fraction of sp³-hybridized carbons (Fsp3) is 0.214. The number of hydrogen-bond donors (Lipinski definition) is 0. The number of thiophene rings is 1. The van der Waals surface area contributed by atoms with Gasteiger partial charge in [0.25, 0.3) is 0 Å². The number of halogens is 1. The maximum atomic E-state index is 13.6. The van der Waals surface area contributed by atoms with Crippen molar-refractivity contribution in [1.29, 1.82) is 0 Å². The first kappa shape index (κ1) is 12.8. The first-order valence-electron chi connectivity index (χ1n) is 5.61. The Kier molecular flexibility index (Phi) is 4.10. The highest BCUT2D eigenvalue weighted by atomic mass is 32.1. The average Bonchev–Trinajstić information content (AvgIpc) is 2.84. The monoisotopic (exact) mass is 264 g/mol. The summed E-state index contributed by atoms with van der Waals surface area (Å²) in [6, 6.07) is 6.30. The third kappa shape index (κ3) is 3.17. The third-order valence-corrected chi connectivity index (χ3v) is 3.30. The van der Waals surface area contributed by atoms with E-state index in [2.05, 4.69) is 0 Å². The van der Waals surface area contributed by atoms with Crippen LogP contribution in [0.3, 0.4) is 0 Å². The third-order valence-electron chi connectivity index (χ3n) is 2.57. The highest BCUT2D eigenvalue weighted by Crippen LogP contribution is 2.19. The second kappa shape index (κ2) is 5.78. The molecule has 0 aliphatic heterocycles. The van der Waals surface area contributed by atoms with Gasteiger partial charge in [0.2, 0.25) is 0 Å². The molecule has 0 aliphatic rings. The van der Waals surface area contributed by atoms with Gasteiger partial charge in [-0.25, -0.2) is 4.39 Å². The predicted octanol–water partition coefficient (Wildman–Crippen LogP) is 3.71. The molecular weight excluding hydrogens is 251 g/mol. The number of hydrogen-bond acceptors (Lipinski definition) is 3. The second-order valence-corrected chi connectivity index (χ2v) is 4.71. The van der Waals surface area contributed by atoms with Crippen LogP contribution in [0.25, 0.3) is 0 Å². The minimum Gasteiger partial charge on any atom is -0.490 e. The Labute approximate surface area is 109 Å². The minimum atomic E-state index is -0.493. The Morgan fingerprint density at radius 3 is 2.83 bits per heavy atom. The van der Waals surface area contributed by atoms with Crippen molar-refractivity contribution in [3.05, 3.63) is 52.0 Å². The van der Waals surface area contributed by atoms with Crippen LogP contribution in [0.5, 0.6) is 5.75 Å². The van der Waals surface area contributed by atoms with E-state index in [-0.39, 0.29) is 11.5 Å². The van der Waals surface area contributed by atoms with E-state index < -0.39 is 5.82 Å². The lowest BCUT2D eigenvalue weighted by Gasteiger charge is -2.07. The largest absolute Gasteiger partial charge is 0.490 e. The summed E-state index contributed by atoms with van der Waals surface area (Å²) in [7, 11) is 0. The Morgan fingerprint density at radius 1 is 1.39 bits per heavy atom. The lowest BCUT2D eigenvalue weighted by molar-refractivity contribution is 0.101. The molecule has 18 heavy (non-hydrogen) atoms. The molecule has 1 aromatic heterocycles. The molecule has 0 fully saturated rings. The van der Waals surface area contributed by atoms with Crippen molar-refractivity contribution >= 4 is 17.1 Å². The summed E-state index contributed by atoms with van der Waals surface area (Å²) in [6.07, 6.45) is 0.747. The number of ether oxygens (including phenoxy) is 1. The highest BCUT2D eigenvalue weighted by molar-refractivity contribution is 7.07. The molecule has 0 spiro atoms. The van der Waals surface area contributed by atoms with E-state index in [9.17, 15) is 9.18 Å². The molecule has 4 heteroatoms. The molecule has 0 amide bonds. The van der Waals surface area contributed by atoms with Crippen LogP contribution in [-0.4, -0.2) is 12.4 Å². The summed E-state index contributed by atoms with van der Waals surface area (Å²) < 4.78 is 19.0. The summed E-state index contributed by atoms with van der Waals surface area (Å²) in [5.74, 6) is -0.457. The van der Waals surface area contributed by atoms with Crippen molar-refractivity contribution in [2.75, 3.05) is 6.61 Å². The van der Waals surface area contributed by atoms with Crippen LogP contribution in [0.15, 0.2) is 35.0 Å². The molecule has 1 aromatic carbocycles. The standard InChI is InChI=1S/C14H13FO2S/c1-10(16)12-2-3-14(13(15)8-12)17-6-4-11-5-7-18-9-11/h2-3,5,7-9H,4,6H2,1H3. The van der Waals surface area contributed by atoms with E-state index in [1.54, 1.807) is 17.4 Å². The first-order valence-corrected chi connectivity index (χ1v) is 6.55. The molecule has 0 radical (unpaired) electrons. The van der Waals surface area contributed by atoms with Gasteiger partial charge >= 0.3 is 0 Å². The van der Waals surface area contributed by atoms with Crippen LogP contribution in [0.4, 0.5) is 4.39 Å². The van der Waals surface area contributed by atoms with E-state index >= 15 is 0 Å². The van der Waals surface area contributed by atoms with Gasteiger partial charge in [0.05, 0.1) is 6.61 Å². The Hall–Kier alpha value is -1.68. The molecule has 0 bridgehead atoms. The summed E-state index contributed by atoms with van der Waals surface area (Å²) >= 11 is 1.63. The minimum absolute atomic E-state index is 0.154. The Morgan fingerprint density at radius 2 is 2.22 bits per heavy atom. The van der Waals surface area contributed by atoms with Gasteiger partial charge in [-0.05, 0) is 47.5 Å². The number of carbonyl (C=O) groups is 1. The van der Waals surface area contributed by atoms with Crippen molar-refractivity contribution in [2.24, 2.45) is 0 Å². The van der Waals surface area contributed by atoms with Gasteiger partial charge in [-0.15, -0.1) is 0 Å². The molecule has 2 nitrogen and oxygen atoms in total. The van der Waals surface area contributed by atoms with Crippen LogP contribution >= 0.6 is 11.3 Å². The smallest absolute Gasteiger partial charge is 0.165 e. The number of carbonyl (C=O) groups excluding carboxylic acids is 1. The molecule has 2 aromatic rings. The zero-order chi connectivity index (χ0) is 13.0. The maximum absolute atomic E-state index is 13.6. The van der Waals surface area contributed by atoms with E-state index in [1.165, 1.54) is 24.6 Å². The van der Waals surface area contributed by atoms with Crippen LogP contribution in [-0.2, 0) is 6.42 Å². The lowest BCUT2D eigenvalue weighted by atomic mass is 10.1. The summed E-state index contributed by atoms with van der Waals surface area (Å²) in [5, 5.41) is 4.04. The first-order chi connectivity index (χ1) is 8.66. The van der Waals surface area contributed by atoms with Gasteiger partial charge in [-0.2, -0.15) is 11.3 Å². The summed E-state index contributed by atoms with van der Waals surface area (Å²) in [5.41, 5.74) is 1.54. The zero-order valence-corrected chi connectivity index (χ0v) is 10.8. The quantitative estimate of drug-likeness (QED) is 0.769. The SMILES string of the molecule is CC(=O)c1ccc(OCCc2ccsc2)c(F)c1. The van der Waals surface area contributed by atoms with Crippen LogP contribution in [0.2, 0.25) is 0 Å². The summed E-state index contributed by atoms with van der Waals surface area (Å²) in [6.45, 7) is 1.83. The van der Waals surface area contributed by atoms with Crippen molar-refractivity contribution < 1.29 is 13.9 Å². The number of ketones is 1. The van der Waals surface area contributed by atoms with E-state index in [4.69, 9.17) is 4.74 Å². The molecule has 2 rings (SSSR count). The fourth-order valence-electron chi connectivity index (χ4n) is 1.55. The molecule has 0 saturated carbocycles. The molecule has 0 N–H and O–H groups in total. The maximum Gasteiger partial charge on any atom is 0.165 e. The van der Waals surface area contributed by atoms with Gasteiger partial charge < -0.3 is 4.74 Å². The molecule has 0 saturated heterocycles. The second-order valence-electron chi connectivity index (χ2n) is 3.93. The van der Waals surface area contributed by atoms with Crippen molar-refractivity contribution in [3.8, 4) is 5.75 Å². The van der Waals surface area contributed by atoms with Crippen molar-refractivity contribution in [3.63, 3.8) is 0 Å². The average molecular weight is 264 g/mol. The molecule has 94 valence electrons. The predicted molar refractivity (Wildman–Crippen MR) is 69.9 cm³/mol. The van der Waals surface area contributed by atoms with E-state index in [0.717, 1.165) is 6.42 Å². The zero-order valence-electron chi connectivity index (χ0n) is 9.98. The fourth-order valence-corrected chi connectivity index (χ4v) is 2.25. The molecule has 0 aliphatic carbocycles. The van der Waals surface area contributed by atoms with Crippen LogP contribution < -0.4 is 4.74 Å². The molecular formula is C14H13FO2S. The van der Waals surface area contributed by atoms with E-state index in [1.807, 2.05) is 16.8 Å². The van der Waals surface area contributed by atoms with Crippen LogP contribution in [0, 0.1) is 5.82 Å². The van der Waals surface area contributed by atoms with Gasteiger partial charge in [-0.3, -0.25) is 4.79 Å². The van der Waals surface area contributed by atoms with Gasteiger partial charge in [0.15, 0.2) is 17.3 Å². The molecule has 1 heterocycles. The van der Waals surface area contributed by atoms with Gasteiger partial charge in [-0.1, -0.05) is 0 Å². The van der Waals surface area contributed by atoms with Gasteiger partial charge in [0, 0.05) is 12.0 Å².